The highest BCUT2D eigenvalue weighted by Gasteiger charge is 2.36. The number of ether oxygens (including phenoxy) is 12. The van der Waals surface area contributed by atoms with Gasteiger partial charge in [-0.3, -0.25) is 0 Å². The quantitative estimate of drug-likeness (QED) is 0.0521. The maximum atomic E-state index is 6.33. The van der Waals surface area contributed by atoms with Crippen molar-refractivity contribution in [1.29, 1.82) is 0 Å². The maximum absolute atomic E-state index is 6.33. The van der Waals surface area contributed by atoms with E-state index in [0.29, 0.717) is 46.2 Å². The predicted octanol–water partition coefficient (Wildman–Crippen LogP) is 11.6. The van der Waals surface area contributed by atoms with Crippen LogP contribution in [0.3, 0.4) is 0 Å². The third-order valence-electron chi connectivity index (χ3n) is 10.7. The molecule has 0 aliphatic rings. The molecule has 0 fully saturated rings. The van der Waals surface area contributed by atoms with E-state index < -0.39 is 17.1 Å². The van der Waals surface area contributed by atoms with E-state index in [1.165, 1.54) is 0 Å². The first-order valence-corrected chi connectivity index (χ1v) is 22.9. The van der Waals surface area contributed by atoms with E-state index in [4.69, 9.17) is 47.4 Å². The van der Waals surface area contributed by atoms with E-state index in [1.54, 1.807) is 85.3 Å². The van der Waals surface area contributed by atoms with Crippen LogP contribution in [-0.4, -0.2) is 98.2 Å². The summed E-state index contributed by atoms with van der Waals surface area (Å²) in [7, 11) is 20.0. The fourth-order valence-electron chi connectivity index (χ4n) is 7.78. The molecule has 67 heavy (non-hydrogen) atoms. The van der Waals surface area contributed by atoms with Crippen LogP contribution >= 0.6 is 0 Å². The molecular formula is C55H88O12. The maximum Gasteiger partial charge on any atom is 0.196 e. The van der Waals surface area contributed by atoms with Gasteiger partial charge in [0.25, 0.3) is 0 Å². The summed E-state index contributed by atoms with van der Waals surface area (Å²) in [4.78, 5) is 0. The molecule has 12 nitrogen and oxygen atoms in total. The van der Waals surface area contributed by atoms with Crippen LogP contribution in [0.25, 0.3) is 0 Å². The third kappa shape index (κ3) is 17.4. The van der Waals surface area contributed by atoms with Gasteiger partial charge in [-0.1, -0.05) is 65.8 Å². The lowest BCUT2D eigenvalue weighted by Gasteiger charge is -2.35. The lowest BCUT2D eigenvalue weighted by molar-refractivity contribution is -0.0633. The third-order valence-corrected chi connectivity index (χ3v) is 10.7. The zero-order valence-corrected chi connectivity index (χ0v) is 45.2. The Labute approximate surface area is 405 Å². The van der Waals surface area contributed by atoms with Crippen molar-refractivity contribution in [3.05, 3.63) is 122 Å². The Bertz CT molecular complexity index is 1770. The van der Waals surface area contributed by atoms with Gasteiger partial charge in [0.05, 0.1) is 53.9 Å². The van der Waals surface area contributed by atoms with Crippen molar-refractivity contribution in [3.8, 4) is 17.2 Å². The molecule has 12 heteroatoms. The molecule has 1 atom stereocenters. The van der Waals surface area contributed by atoms with Crippen LogP contribution in [0.5, 0.6) is 17.2 Å². The van der Waals surface area contributed by atoms with Gasteiger partial charge in [-0.15, -0.1) is 0 Å². The molecule has 0 aromatic heterocycles. The van der Waals surface area contributed by atoms with E-state index in [-0.39, 0.29) is 0 Å². The van der Waals surface area contributed by atoms with Gasteiger partial charge in [-0.05, 0) is 85.0 Å². The Hall–Kier alpha value is -4.08. The number of rotatable bonds is 23. The zero-order valence-electron chi connectivity index (χ0n) is 45.2. The number of benzene rings is 4. The topological polar surface area (TPSA) is 111 Å². The summed E-state index contributed by atoms with van der Waals surface area (Å²) in [5.74, 6) is 2.23. The largest absolute Gasteiger partial charge is 0.496 e. The molecule has 4 aromatic rings. The fourth-order valence-corrected chi connectivity index (χ4v) is 7.78. The first kappa shape index (κ1) is 62.9. The summed E-state index contributed by atoms with van der Waals surface area (Å²) in [6.45, 7) is 21.4. The second-order valence-corrected chi connectivity index (χ2v) is 15.7. The fraction of sp³-hybridized carbons (Fsp3) is 0.564. The van der Waals surface area contributed by atoms with Crippen LogP contribution in [0, 0.1) is 0 Å². The van der Waals surface area contributed by atoms with Gasteiger partial charge in [0.1, 0.15) is 17.2 Å². The van der Waals surface area contributed by atoms with Crippen molar-refractivity contribution in [1.82, 2.24) is 0 Å². The Morgan fingerprint density at radius 2 is 0.672 bits per heavy atom. The molecular weight excluding hydrogens is 853 g/mol. The van der Waals surface area contributed by atoms with Crippen molar-refractivity contribution < 1.29 is 56.8 Å². The molecule has 1 unspecified atom stereocenters. The lowest BCUT2D eigenvalue weighted by atomic mass is 9.68. The SMILES string of the molecule is CC.CC.CCOC(C)Oc1c(COC)cc(C(C)(C)c2ccc(C(C)(c3cc(COC)c(OC)c(COC)c3)c3cc(COC)c(OC)c(COC)c3)cc2)cc1COC.COC.COC. The molecule has 0 radical (unpaired) electrons. The molecule has 0 N–H and O–H groups in total. The standard InChI is InChI=1S/C47H64O10.2C2H6O.2C2H6/c1-14-56-31(2)57-45-36(29-52-10)19-40(20-37(45)30-53-11)46(3,4)38-15-17-39(18-16-38)47(5,41-21-32(25-48-6)43(54-12)33(22-41)26-49-7)42-23-34(27-50-8)44(55-13)35(24-42)28-51-9;2*1-3-2;2*1-2/h15-24,31H,14,25-30H2,1-13H3;2*1-2H3;2*1-2H3. The summed E-state index contributed by atoms with van der Waals surface area (Å²) < 4.78 is 66.5. The summed E-state index contributed by atoms with van der Waals surface area (Å²) in [6, 6.07) is 22.0. The van der Waals surface area contributed by atoms with E-state index in [0.717, 1.165) is 78.4 Å². The first-order chi connectivity index (χ1) is 32.2. The lowest BCUT2D eigenvalue weighted by Crippen LogP contribution is -2.27. The van der Waals surface area contributed by atoms with Crippen LogP contribution < -0.4 is 14.2 Å². The molecule has 380 valence electrons. The van der Waals surface area contributed by atoms with Gasteiger partial charge in [0.2, 0.25) is 0 Å². The Balaban J connectivity index is 0.00000402. The zero-order chi connectivity index (χ0) is 51.2. The molecule has 0 aliphatic carbocycles. The summed E-state index contributed by atoms with van der Waals surface area (Å²) >= 11 is 0. The molecule has 0 amide bonds. The highest BCUT2D eigenvalue weighted by atomic mass is 16.7. The highest BCUT2D eigenvalue weighted by molar-refractivity contribution is 5.59. The monoisotopic (exact) mass is 941 g/mol. The molecule has 4 rings (SSSR count). The number of hydrogen-bond donors (Lipinski definition) is 0. The van der Waals surface area contributed by atoms with Crippen molar-refractivity contribution in [2.75, 3.05) is 91.9 Å². The van der Waals surface area contributed by atoms with Crippen molar-refractivity contribution in [3.63, 3.8) is 0 Å². The summed E-state index contributed by atoms with van der Waals surface area (Å²) in [5.41, 5.74) is 9.94. The number of hydrogen-bond acceptors (Lipinski definition) is 12. The average molecular weight is 941 g/mol. The van der Waals surface area contributed by atoms with E-state index in [2.05, 4.69) is 90.9 Å². The minimum Gasteiger partial charge on any atom is -0.496 e. The Morgan fingerprint density at radius 1 is 0.403 bits per heavy atom. The van der Waals surface area contributed by atoms with Gasteiger partial charge in [-0.25, -0.2) is 0 Å². The summed E-state index contributed by atoms with van der Waals surface area (Å²) in [6.07, 6.45) is -0.425. The molecule has 0 spiro atoms. The first-order valence-electron chi connectivity index (χ1n) is 22.9. The van der Waals surface area contributed by atoms with Gasteiger partial charge in [0, 0.05) is 122 Å². The van der Waals surface area contributed by atoms with Gasteiger partial charge in [0.15, 0.2) is 6.29 Å². The van der Waals surface area contributed by atoms with Crippen LogP contribution in [0.4, 0.5) is 0 Å². The van der Waals surface area contributed by atoms with E-state index in [9.17, 15) is 0 Å². The van der Waals surface area contributed by atoms with Crippen LogP contribution in [-0.2, 0) is 93.1 Å². The van der Waals surface area contributed by atoms with Gasteiger partial charge < -0.3 is 56.8 Å². The minimum absolute atomic E-state index is 0.369. The molecule has 0 aliphatic heterocycles. The van der Waals surface area contributed by atoms with Crippen molar-refractivity contribution in [2.24, 2.45) is 0 Å². The normalized spacial score (nSPS) is 11.4. The average Bonchev–Trinajstić information content (AvgIpc) is 3.32. The van der Waals surface area contributed by atoms with Gasteiger partial charge in [-0.2, -0.15) is 0 Å². The van der Waals surface area contributed by atoms with Crippen LogP contribution in [0.15, 0.2) is 60.7 Å². The molecule has 0 heterocycles. The van der Waals surface area contributed by atoms with Gasteiger partial charge >= 0.3 is 0 Å². The predicted molar refractivity (Wildman–Crippen MR) is 271 cm³/mol. The van der Waals surface area contributed by atoms with Crippen LogP contribution in [0.1, 0.15) is 124 Å². The van der Waals surface area contributed by atoms with E-state index >= 15 is 0 Å². The Morgan fingerprint density at radius 3 is 0.940 bits per heavy atom. The van der Waals surface area contributed by atoms with Crippen molar-refractivity contribution in [2.45, 2.75) is 119 Å². The van der Waals surface area contributed by atoms with Crippen molar-refractivity contribution >= 4 is 0 Å². The Kier molecular flexibility index (Phi) is 32.2. The smallest absolute Gasteiger partial charge is 0.196 e. The van der Waals surface area contributed by atoms with E-state index in [1.807, 2.05) is 41.5 Å². The van der Waals surface area contributed by atoms with Crippen LogP contribution in [0.2, 0.25) is 0 Å². The second kappa shape index (κ2) is 34.2. The molecule has 0 saturated heterocycles. The second-order valence-electron chi connectivity index (χ2n) is 15.7. The number of methoxy groups -OCH3 is 10. The summed E-state index contributed by atoms with van der Waals surface area (Å²) in [5, 5.41) is 0. The highest BCUT2D eigenvalue weighted by Crippen LogP contribution is 2.45. The molecule has 0 bridgehead atoms. The molecule has 0 saturated carbocycles. The minimum atomic E-state index is -0.676. The molecule has 4 aromatic carbocycles.